The largest absolute Gasteiger partial charge is 0.454 e. The molecule has 27 heavy (non-hydrogen) atoms. The summed E-state index contributed by atoms with van der Waals surface area (Å²) in [6, 6.07) is 4.28. The van der Waals surface area contributed by atoms with Crippen LogP contribution in [0.15, 0.2) is 22.5 Å². The highest BCUT2D eigenvalue weighted by molar-refractivity contribution is 8.01. The summed E-state index contributed by atoms with van der Waals surface area (Å²) in [5, 5.41) is 4.80. The number of fused-ring (bicyclic) bond motifs is 1. The molecule has 4 amide bonds. The maximum atomic E-state index is 11.9. The van der Waals surface area contributed by atoms with Crippen LogP contribution >= 0.6 is 23.1 Å². The van der Waals surface area contributed by atoms with Crippen LogP contribution in [-0.4, -0.2) is 35.4 Å². The number of amides is 4. The first-order valence-corrected chi connectivity index (χ1v) is 9.59. The van der Waals surface area contributed by atoms with Crippen LogP contribution in [0.1, 0.15) is 10.6 Å². The van der Waals surface area contributed by atoms with E-state index in [1.165, 1.54) is 23.1 Å². The molecule has 0 radical (unpaired) electrons. The van der Waals surface area contributed by atoms with E-state index in [1.54, 1.807) is 25.1 Å². The molecule has 3 rings (SSSR count). The van der Waals surface area contributed by atoms with Crippen molar-refractivity contribution in [1.29, 1.82) is 0 Å². The van der Waals surface area contributed by atoms with Gasteiger partial charge in [0.1, 0.15) is 0 Å². The lowest BCUT2D eigenvalue weighted by atomic mass is 10.3. The lowest BCUT2D eigenvalue weighted by Gasteiger charge is -2.07. The number of nitrogens with one attached hydrogen (secondary N) is 2. The Morgan fingerprint density at radius 1 is 1.30 bits per heavy atom. The summed E-state index contributed by atoms with van der Waals surface area (Å²) in [6.07, 6.45) is 0.119. The zero-order chi connectivity index (χ0) is 19.4. The van der Waals surface area contributed by atoms with Crippen LogP contribution in [-0.2, 0) is 16.0 Å². The van der Waals surface area contributed by atoms with Crippen molar-refractivity contribution in [2.45, 2.75) is 17.7 Å². The van der Waals surface area contributed by atoms with E-state index >= 15 is 0 Å². The highest BCUT2D eigenvalue weighted by Gasteiger charge is 2.16. The summed E-state index contributed by atoms with van der Waals surface area (Å²) in [7, 11) is 0. The number of carbonyl (C=O) groups is 3. The van der Waals surface area contributed by atoms with Crippen molar-refractivity contribution < 1.29 is 23.9 Å². The maximum absolute atomic E-state index is 11.9. The lowest BCUT2D eigenvalue weighted by molar-refractivity contribution is -0.118. The third kappa shape index (κ3) is 5.11. The van der Waals surface area contributed by atoms with Gasteiger partial charge in [-0.15, -0.1) is 11.3 Å². The number of hydrogen-bond acceptors (Lipinski definition) is 8. The number of aryl methyl sites for hydroxylation is 1. The van der Waals surface area contributed by atoms with Gasteiger partial charge in [0.25, 0.3) is 0 Å². The van der Waals surface area contributed by atoms with Crippen molar-refractivity contribution in [2.75, 3.05) is 17.9 Å². The summed E-state index contributed by atoms with van der Waals surface area (Å²) in [6.45, 7) is 1.91. The van der Waals surface area contributed by atoms with Gasteiger partial charge in [-0.3, -0.25) is 14.9 Å². The second-order valence-electron chi connectivity index (χ2n) is 5.49. The molecule has 0 unspecified atom stereocenters. The topological polar surface area (TPSA) is 133 Å². The van der Waals surface area contributed by atoms with E-state index in [9.17, 15) is 14.4 Å². The van der Waals surface area contributed by atoms with Gasteiger partial charge in [-0.1, -0.05) is 11.8 Å². The van der Waals surface area contributed by atoms with E-state index in [0.717, 1.165) is 4.88 Å². The Hall–Kier alpha value is -2.79. The van der Waals surface area contributed by atoms with Gasteiger partial charge in [-0.05, 0) is 19.1 Å². The molecule has 0 bridgehead atoms. The Kier molecular flexibility index (Phi) is 5.81. The molecule has 2 aromatic rings. The zero-order valence-electron chi connectivity index (χ0n) is 14.2. The summed E-state index contributed by atoms with van der Waals surface area (Å²) in [4.78, 5) is 39.9. The van der Waals surface area contributed by atoms with E-state index in [0.29, 0.717) is 27.2 Å². The fourth-order valence-electron chi connectivity index (χ4n) is 2.21. The van der Waals surface area contributed by atoms with Gasteiger partial charge < -0.3 is 20.5 Å². The summed E-state index contributed by atoms with van der Waals surface area (Å²) in [5.74, 6) is 0.236. The standard InChI is InChI=1S/C16H16N4O5S2/c1-8-12(5-13(17)21)27-16(18-8)26-6-14(22)20-15(23)19-9-2-3-10-11(4-9)25-7-24-10/h2-4H,5-7H2,1H3,(H2,17,21)(H2,19,20,22,23). The third-order valence-electron chi connectivity index (χ3n) is 3.42. The van der Waals surface area contributed by atoms with E-state index in [-0.39, 0.29) is 19.0 Å². The molecule has 0 saturated heterocycles. The highest BCUT2D eigenvalue weighted by Crippen LogP contribution is 2.34. The van der Waals surface area contributed by atoms with Gasteiger partial charge in [-0.2, -0.15) is 0 Å². The number of nitrogens with two attached hydrogens (primary N) is 1. The number of nitrogens with zero attached hydrogens (tertiary/aromatic N) is 1. The molecule has 1 aliphatic heterocycles. The first-order chi connectivity index (χ1) is 12.9. The number of thioether (sulfide) groups is 1. The predicted molar refractivity (Wildman–Crippen MR) is 100 cm³/mol. The molecule has 1 aromatic heterocycles. The van der Waals surface area contributed by atoms with Crippen molar-refractivity contribution >= 4 is 46.6 Å². The Morgan fingerprint density at radius 2 is 2.07 bits per heavy atom. The number of anilines is 1. The number of urea groups is 1. The zero-order valence-corrected chi connectivity index (χ0v) is 15.9. The van der Waals surface area contributed by atoms with E-state index in [2.05, 4.69) is 15.6 Å². The average molecular weight is 408 g/mol. The van der Waals surface area contributed by atoms with Crippen molar-refractivity contribution in [3.63, 3.8) is 0 Å². The van der Waals surface area contributed by atoms with E-state index in [1.807, 2.05) is 0 Å². The van der Waals surface area contributed by atoms with Crippen molar-refractivity contribution in [2.24, 2.45) is 5.73 Å². The molecule has 1 aromatic carbocycles. The highest BCUT2D eigenvalue weighted by atomic mass is 32.2. The fraction of sp³-hybridized carbons (Fsp3) is 0.250. The predicted octanol–water partition coefficient (Wildman–Crippen LogP) is 1.65. The number of benzene rings is 1. The summed E-state index contributed by atoms with van der Waals surface area (Å²) in [5.41, 5.74) is 6.37. The van der Waals surface area contributed by atoms with Crippen LogP contribution in [0.2, 0.25) is 0 Å². The molecular weight excluding hydrogens is 392 g/mol. The fourth-order valence-corrected chi connectivity index (χ4v) is 4.26. The molecular formula is C16H16N4O5S2. The number of imide groups is 1. The first kappa shape index (κ1) is 19.0. The molecule has 9 nitrogen and oxygen atoms in total. The number of rotatable bonds is 6. The monoisotopic (exact) mass is 408 g/mol. The maximum Gasteiger partial charge on any atom is 0.325 e. The lowest BCUT2D eigenvalue weighted by Crippen LogP contribution is -2.35. The minimum Gasteiger partial charge on any atom is -0.454 e. The number of ether oxygens (including phenoxy) is 2. The van der Waals surface area contributed by atoms with Crippen LogP contribution < -0.4 is 25.8 Å². The molecule has 0 fully saturated rings. The number of hydrogen-bond donors (Lipinski definition) is 3. The van der Waals surface area contributed by atoms with Crippen LogP contribution in [0.4, 0.5) is 10.5 Å². The molecule has 0 atom stereocenters. The number of thiazole rings is 1. The van der Waals surface area contributed by atoms with Gasteiger partial charge in [0.15, 0.2) is 15.8 Å². The Labute approximate surface area is 162 Å². The molecule has 0 saturated carbocycles. The van der Waals surface area contributed by atoms with Crippen molar-refractivity contribution in [3.8, 4) is 11.5 Å². The van der Waals surface area contributed by atoms with Crippen LogP contribution in [0.25, 0.3) is 0 Å². The molecule has 4 N–H and O–H groups in total. The summed E-state index contributed by atoms with van der Waals surface area (Å²) < 4.78 is 11.1. The van der Waals surface area contributed by atoms with Crippen molar-refractivity contribution in [1.82, 2.24) is 10.3 Å². The molecule has 2 heterocycles. The average Bonchev–Trinajstić information content (AvgIpc) is 3.18. The molecule has 11 heteroatoms. The smallest absolute Gasteiger partial charge is 0.325 e. The van der Waals surface area contributed by atoms with Gasteiger partial charge in [-0.25, -0.2) is 9.78 Å². The summed E-state index contributed by atoms with van der Waals surface area (Å²) >= 11 is 2.49. The van der Waals surface area contributed by atoms with Crippen molar-refractivity contribution in [3.05, 3.63) is 28.8 Å². The molecule has 1 aliphatic rings. The Balaban J connectivity index is 1.47. The number of primary amides is 1. The second kappa shape index (κ2) is 8.27. The SMILES string of the molecule is Cc1nc(SCC(=O)NC(=O)Nc2ccc3c(c2)OCO3)sc1CC(N)=O. The normalized spacial score (nSPS) is 11.9. The second-order valence-corrected chi connectivity index (χ2v) is 7.80. The van der Waals surface area contributed by atoms with Gasteiger partial charge >= 0.3 is 6.03 Å². The third-order valence-corrected chi connectivity index (χ3v) is 5.72. The number of carbonyl (C=O) groups excluding carboxylic acids is 3. The first-order valence-electron chi connectivity index (χ1n) is 7.78. The molecule has 0 spiro atoms. The van der Waals surface area contributed by atoms with E-state index < -0.39 is 17.8 Å². The minimum absolute atomic E-state index is 0.0114. The number of aromatic nitrogens is 1. The van der Waals surface area contributed by atoms with Gasteiger partial charge in [0.2, 0.25) is 18.6 Å². The van der Waals surface area contributed by atoms with Crippen LogP contribution in [0.3, 0.4) is 0 Å². The molecule has 142 valence electrons. The van der Waals surface area contributed by atoms with Crippen LogP contribution in [0.5, 0.6) is 11.5 Å². The van der Waals surface area contributed by atoms with Gasteiger partial charge in [0.05, 0.1) is 17.9 Å². The minimum atomic E-state index is -0.649. The van der Waals surface area contributed by atoms with Gasteiger partial charge in [0, 0.05) is 16.6 Å². The van der Waals surface area contributed by atoms with E-state index in [4.69, 9.17) is 15.2 Å². The Bertz CT molecular complexity index is 899. The quantitative estimate of drug-likeness (QED) is 0.619. The Morgan fingerprint density at radius 3 is 2.85 bits per heavy atom. The van der Waals surface area contributed by atoms with Crippen LogP contribution in [0, 0.1) is 6.92 Å². The molecule has 0 aliphatic carbocycles.